The van der Waals surface area contributed by atoms with E-state index in [-0.39, 0.29) is 18.3 Å². The normalized spacial score (nSPS) is 15.3. The summed E-state index contributed by atoms with van der Waals surface area (Å²) in [5.41, 5.74) is 0.0419. The van der Waals surface area contributed by atoms with Crippen LogP contribution in [0, 0.1) is 16.7 Å². The summed E-state index contributed by atoms with van der Waals surface area (Å²) in [6, 6.07) is 5.76. The Kier molecular flexibility index (Phi) is 4.85. The molecule has 0 amide bonds. The Hall–Kier alpha value is -1.41. The molecule has 0 fully saturated rings. The first-order valence-electron chi connectivity index (χ1n) is 5.52. The standard InChI is InChI=1S/C13H15BrN2O2/c1-9(10-4-5-11(14)16-8-10)13(2,6-7-15)12(17)18-3/h4-5,8-9H,6H2,1-3H3. The molecule has 0 saturated carbocycles. The predicted molar refractivity (Wildman–Crippen MR) is 70.7 cm³/mol. The van der Waals surface area contributed by atoms with Gasteiger partial charge in [-0.05, 0) is 40.4 Å². The Morgan fingerprint density at radius 2 is 2.33 bits per heavy atom. The lowest BCUT2D eigenvalue weighted by molar-refractivity contribution is -0.152. The van der Waals surface area contributed by atoms with E-state index in [9.17, 15) is 4.79 Å². The molecule has 96 valence electrons. The van der Waals surface area contributed by atoms with E-state index in [1.807, 2.05) is 19.1 Å². The molecule has 2 unspecified atom stereocenters. The number of nitriles is 1. The van der Waals surface area contributed by atoms with Gasteiger partial charge in [0, 0.05) is 6.20 Å². The van der Waals surface area contributed by atoms with Crippen LogP contribution < -0.4 is 0 Å². The van der Waals surface area contributed by atoms with E-state index in [1.54, 1.807) is 13.1 Å². The van der Waals surface area contributed by atoms with Gasteiger partial charge >= 0.3 is 5.97 Å². The minimum atomic E-state index is -0.862. The Bertz CT molecular complexity index is 467. The minimum absolute atomic E-state index is 0.108. The molecule has 0 aliphatic heterocycles. The van der Waals surface area contributed by atoms with Crippen LogP contribution >= 0.6 is 15.9 Å². The number of carbonyl (C=O) groups is 1. The molecule has 4 nitrogen and oxygen atoms in total. The number of aromatic nitrogens is 1. The number of halogens is 1. The fraction of sp³-hybridized carbons (Fsp3) is 0.462. The summed E-state index contributed by atoms with van der Waals surface area (Å²) in [5.74, 6) is -0.523. The molecule has 1 aromatic rings. The lowest BCUT2D eigenvalue weighted by atomic mass is 9.73. The number of ether oxygens (including phenoxy) is 1. The van der Waals surface area contributed by atoms with Crippen LogP contribution in [-0.4, -0.2) is 18.1 Å². The summed E-state index contributed by atoms with van der Waals surface area (Å²) in [7, 11) is 1.34. The average Bonchev–Trinajstić information content (AvgIpc) is 2.38. The molecule has 1 heterocycles. The van der Waals surface area contributed by atoms with Crippen LogP contribution in [0.3, 0.4) is 0 Å². The highest BCUT2D eigenvalue weighted by Crippen LogP contribution is 2.39. The van der Waals surface area contributed by atoms with Crippen molar-refractivity contribution in [3.05, 3.63) is 28.5 Å². The van der Waals surface area contributed by atoms with E-state index >= 15 is 0 Å². The van der Waals surface area contributed by atoms with Crippen LogP contribution in [-0.2, 0) is 9.53 Å². The third-order valence-corrected chi connectivity index (χ3v) is 3.77. The van der Waals surface area contributed by atoms with E-state index < -0.39 is 5.41 Å². The second-order valence-corrected chi connectivity index (χ2v) is 5.19. The van der Waals surface area contributed by atoms with Crippen molar-refractivity contribution < 1.29 is 9.53 Å². The zero-order valence-electron chi connectivity index (χ0n) is 10.6. The summed E-state index contributed by atoms with van der Waals surface area (Å²) in [6.07, 6.45) is 1.81. The Balaban J connectivity index is 3.10. The van der Waals surface area contributed by atoms with Crippen LogP contribution in [0.2, 0.25) is 0 Å². The number of methoxy groups -OCH3 is 1. The van der Waals surface area contributed by atoms with Crippen molar-refractivity contribution in [1.82, 2.24) is 4.98 Å². The number of hydrogen-bond acceptors (Lipinski definition) is 4. The maximum atomic E-state index is 11.9. The van der Waals surface area contributed by atoms with E-state index in [1.165, 1.54) is 7.11 Å². The zero-order chi connectivity index (χ0) is 13.8. The fourth-order valence-electron chi connectivity index (χ4n) is 1.81. The van der Waals surface area contributed by atoms with E-state index in [0.29, 0.717) is 0 Å². The van der Waals surface area contributed by atoms with Gasteiger partial charge in [-0.25, -0.2) is 4.98 Å². The van der Waals surface area contributed by atoms with Gasteiger partial charge in [0.1, 0.15) is 4.60 Å². The highest BCUT2D eigenvalue weighted by Gasteiger charge is 2.40. The Morgan fingerprint density at radius 1 is 1.67 bits per heavy atom. The lowest BCUT2D eigenvalue weighted by Crippen LogP contribution is -2.34. The smallest absolute Gasteiger partial charge is 0.313 e. The van der Waals surface area contributed by atoms with Crippen molar-refractivity contribution in [1.29, 1.82) is 5.26 Å². The maximum Gasteiger partial charge on any atom is 0.313 e. The molecule has 18 heavy (non-hydrogen) atoms. The molecule has 0 aliphatic rings. The highest BCUT2D eigenvalue weighted by atomic mass is 79.9. The summed E-state index contributed by atoms with van der Waals surface area (Å²) in [6.45, 7) is 3.65. The van der Waals surface area contributed by atoms with Gasteiger partial charge in [-0.15, -0.1) is 0 Å². The Labute approximate surface area is 115 Å². The molecule has 0 radical (unpaired) electrons. The zero-order valence-corrected chi connectivity index (χ0v) is 12.2. The van der Waals surface area contributed by atoms with Crippen LogP contribution in [0.5, 0.6) is 0 Å². The monoisotopic (exact) mass is 310 g/mol. The highest BCUT2D eigenvalue weighted by molar-refractivity contribution is 9.10. The van der Waals surface area contributed by atoms with Crippen molar-refractivity contribution in [2.45, 2.75) is 26.2 Å². The van der Waals surface area contributed by atoms with Gasteiger partial charge in [-0.3, -0.25) is 4.79 Å². The van der Waals surface area contributed by atoms with Gasteiger partial charge in [0.05, 0.1) is 25.0 Å². The van der Waals surface area contributed by atoms with Crippen molar-refractivity contribution in [3.8, 4) is 6.07 Å². The molecule has 0 bridgehead atoms. The van der Waals surface area contributed by atoms with Crippen molar-refractivity contribution in [2.75, 3.05) is 7.11 Å². The van der Waals surface area contributed by atoms with E-state index in [0.717, 1.165) is 10.2 Å². The quantitative estimate of drug-likeness (QED) is 0.633. The molecule has 0 spiro atoms. The summed E-state index contributed by atoms with van der Waals surface area (Å²) in [5, 5.41) is 8.91. The van der Waals surface area contributed by atoms with Crippen molar-refractivity contribution in [3.63, 3.8) is 0 Å². The molecule has 0 N–H and O–H groups in total. The third-order valence-electron chi connectivity index (χ3n) is 3.30. The molecule has 1 rings (SSSR count). The number of pyridine rings is 1. The van der Waals surface area contributed by atoms with Gasteiger partial charge in [-0.2, -0.15) is 5.26 Å². The molecule has 0 aliphatic carbocycles. The van der Waals surface area contributed by atoms with E-state index in [2.05, 4.69) is 27.0 Å². The van der Waals surface area contributed by atoms with Crippen LogP contribution in [0.4, 0.5) is 0 Å². The van der Waals surface area contributed by atoms with Crippen molar-refractivity contribution >= 4 is 21.9 Å². The van der Waals surface area contributed by atoms with Crippen LogP contribution in [0.1, 0.15) is 31.7 Å². The van der Waals surface area contributed by atoms with Crippen LogP contribution in [0.15, 0.2) is 22.9 Å². The average molecular weight is 311 g/mol. The maximum absolute atomic E-state index is 11.9. The summed E-state index contributed by atoms with van der Waals surface area (Å²) in [4.78, 5) is 16.0. The molecular formula is C13H15BrN2O2. The Morgan fingerprint density at radius 3 is 2.78 bits per heavy atom. The van der Waals surface area contributed by atoms with Gasteiger partial charge in [0.15, 0.2) is 0 Å². The second kappa shape index (κ2) is 5.96. The molecule has 2 atom stereocenters. The van der Waals surface area contributed by atoms with Gasteiger partial charge in [0.2, 0.25) is 0 Å². The fourth-order valence-corrected chi connectivity index (χ4v) is 2.05. The first kappa shape index (κ1) is 14.7. The first-order chi connectivity index (χ1) is 8.45. The number of rotatable bonds is 4. The van der Waals surface area contributed by atoms with Gasteiger partial charge < -0.3 is 4.74 Å². The molecule has 5 heteroatoms. The molecule has 0 aromatic carbocycles. The largest absolute Gasteiger partial charge is 0.469 e. The van der Waals surface area contributed by atoms with Crippen molar-refractivity contribution in [2.24, 2.45) is 5.41 Å². The number of carbonyl (C=O) groups excluding carboxylic acids is 1. The van der Waals surface area contributed by atoms with Gasteiger partial charge in [0.25, 0.3) is 0 Å². The van der Waals surface area contributed by atoms with E-state index in [4.69, 9.17) is 10.00 Å². The predicted octanol–water partition coefficient (Wildman–Crippen LogP) is 3.04. The summed E-state index contributed by atoms with van der Waals surface area (Å²) < 4.78 is 5.55. The lowest BCUT2D eigenvalue weighted by Gasteiger charge is -2.30. The second-order valence-electron chi connectivity index (χ2n) is 4.38. The number of nitrogens with zero attached hydrogens (tertiary/aromatic N) is 2. The molecule has 0 saturated heterocycles. The third kappa shape index (κ3) is 2.88. The number of hydrogen-bond donors (Lipinski definition) is 0. The van der Waals surface area contributed by atoms with Crippen LogP contribution in [0.25, 0.3) is 0 Å². The first-order valence-corrected chi connectivity index (χ1v) is 6.32. The molecule has 1 aromatic heterocycles. The molecular weight excluding hydrogens is 296 g/mol. The number of esters is 1. The minimum Gasteiger partial charge on any atom is -0.469 e. The topological polar surface area (TPSA) is 63.0 Å². The van der Waals surface area contributed by atoms with Gasteiger partial charge in [-0.1, -0.05) is 13.0 Å². The SMILES string of the molecule is COC(=O)C(C)(CC#N)C(C)c1ccc(Br)nc1. The summed E-state index contributed by atoms with van der Waals surface area (Å²) >= 11 is 3.26.